The highest BCUT2D eigenvalue weighted by atomic mass is 16.6. The van der Waals surface area contributed by atoms with Crippen LogP contribution in [-0.4, -0.2) is 66.9 Å². The zero-order valence-electron chi connectivity index (χ0n) is 11.6. The number of carbonyl (C=O) groups excluding carboxylic acids is 2. The lowest BCUT2D eigenvalue weighted by Crippen LogP contribution is -2.54. The first-order valence-corrected chi connectivity index (χ1v) is 6.47. The number of carboxylic acids is 1. The van der Waals surface area contributed by atoms with Crippen LogP contribution in [0.4, 0.5) is 4.79 Å². The largest absolute Gasteiger partial charge is 0.480 e. The molecule has 1 unspecified atom stereocenters. The molecule has 0 radical (unpaired) electrons. The lowest BCUT2D eigenvalue weighted by Gasteiger charge is -2.32. The van der Waals surface area contributed by atoms with Crippen molar-refractivity contribution < 1.29 is 29.0 Å². The van der Waals surface area contributed by atoms with Gasteiger partial charge in [0, 0.05) is 6.54 Å². The van der Waals surface area contributed by atoms with Gasteiger partial charge in [-0.3, -0.25) is 0 Å². The number of ether oxygens (including phenoxy) is 2. The van der Waals surface area contributed by atoms with Gasteiger partial charge in [-0.2, -0.15) is 0 Å². The summed E-state index contributed by atoms with van der Waals surface area (Å²) < 4.78 is 9.76. The Morgan fingerprint density at radius 2 is 2.20 bits per heavy atom. The second-order valence-electron chi connectivity index (χ2n) is 4.46. The van der Waals surface area contributed by atoms with E-state index in [-0.39, 0.29) is 13.2 Å². The molecule has 1 heterocycles. The van der Waals surface area contributed by atoms with Crippen molar-refractivity contribution in [1.29, 1.82) is 0 Å². The molecule has 0 bridgehead atoms. The van der Waals surface area contributed by atoms with Crippen molar-refractivity contribution in [3.05, 3.63) is 0 Å². The first kappa shape index (κ1) is 16.2. The number of aliphatic carboxylic acids is 1. The monoisotopic (exact) mass is 288 g/mol. The maximum Gasteiger partial charge on any atom is 0.336 e. The molecule has 2 N–H and O–H groups in total. The molecule has 0 aliphatic carbocycles. The number of nitrogens with zero attached hydrogens (tertiary/aromatic N) is 1. The van der Waals surface area contributed by atoms with Gasteiger partial charge in [0.05, 0.1) is 20.3 Å². The molecular formula is C12H20N2O6. The lowest BCUT2D eigenvalue weighted by molar-refractivity contribution is -0.158. The Balaban J connectivity index is 2.57. The first-order chi connectivity index (χ1) is 9.49. The number of carbonyl (C=O) groups is 3. The van der Waals surface area contributed by atoms with Crippen molar-refractivity contribution in [2.45, 2.75) is 31.9 Å². The van der Waals surface area contributed by atoms with E-state index in [4.69, 9.17) is 9.84 Å². The summed E-state index contributed by atoms with van der Waals surface area (Å²) in [6.45, 7) is 2.40. The van der Waals surface area contributed by atoms with Gasteiger partial charge in [-0.1, -0.05) is 13.3 Å². The van der Waals surface area contributed by atoms with Gasteiger partial charge in [-0.25, -0.2) is 14.4 Å². The van der Waals surface area contributed by atoms with Gasteiger partial charge in [-0.05, 0) is 6.42 Å². The summed E-state index contributed by atoms with van der Waals surface area (Å²) in [5, 5.41) is 11.4. The molecule has 8 heteroatoms. The Morgan fingerprint density at radius 1 is 1.50 bits per heavy atom. The molecule has 8 nitrogen and oxygen atoms in total. The number of nitrogens with one attached hydrogen (secondary N) is 1. The van der Waals surface area contributed by atoms with Crippen LogP contribution in [0, 0.1) is 0 Å². The van der Waals surface area contributed by atoms with Crippen molar-refractivity contribution >= 4 is 18.0 Å². The Morgan fingerprint density at radius 3 is 2.75 bits per heavy atom. The van der Waals surface area contributed by atoms with Crippen LogP contribution in [0.2, 0.25) is 0 Å². The molecule has 0 aromatic heterocycles. The van der Waals surface area contributed by atoms with E-state index in [1.165, 1.54) is 12.0 Å². The second kappa shape index (κ2) is 7.68. The predicted molar refractivity (Wildman–Crippen MR) is 68.2 cm³/mol. The summed E-state index contributed by atoms with van der Waals surface area (Å²) in [5.74, 6) is -1.62. The molecule has 1 rings (SSSR count). The third-order valence-corrected chi connectivity index (χ3v) is 2.99. The number of hydrogen-bond acceptors (Lipinski definition) is 5. The standard InChI is InChI=1S/C12H20N2O6/c1-3-4-8(10(15)16)13-12(18)14-5-6-20-9(7-14)11(17)19-2/h8-9H,3-7H2,1-2H3,(H,13,18)(H,15,16)/t8-,9?/m1/s1. The van der Waals surface area contributed by atoms with E-state index in [0.29, 0.717) is 19.4 Å². The van der Waals surface area contributed by atoms with E-state index >= 15 is 0 Å². The Labute approximate surface area is 117 Å². The average Bonchev–Trinajstić information content (AvgIpc) is 2.45. The summed E-state index contributed by atoms with van der Waals surface area (Å²) in [4.78, 5) is 35.7. The molecule has 1 saturated heterocycles. The minimum Gasteiger partial charge on any atom is -0.480 e. The summed E-state index contributed by atoms with van der Waals surface area (Å²) in [6.07, 6.45) is 0.172. The number of hydrogen-bond donors (Lipinski definition) is 2. The molecule has 0 spiro atoms. The van der Waals surface area contributed by atoms with E-state index in [2.05, 4.69) is 10.1 Å². The zero-order valence-corrected chi connectivity index (χ0v) is 11.6. The number of methoxy groups -OCH3 is 1. The highest BCUT2D eigenvalue weighted by Crippen LogP contribution is 2.08. The van der Waals surface area contributed by atoms with Gasteiger partial charge >= 0.3 is 18.0 Å². The summed E-state index contributed by atoms with van der Waals surface area (Å²) in [6, 6.07) is -1.44. The molecule has 114 valence electrons. The maximum atomic E-state index is 12.0. The third-order valence-electron chi connectivity index (χ3n) is 2.99. The Hall–Kier alpha value is -1.83. The Kier molecular flexibility index (Phi) is 6.23. The van der Waals surface area contributed by atoms with E-state index in [9.17, 15) is 14.4 Å². The highest BCUT2D eigenvalue weighted by molar-refractivity contribution is 5.83. The van der Waals surface area contributed by atoms with Crippen LogP contribution in [0.15, 0.2) is 0 Å². The lowest BCUT2D eigenvalue weighted by atomic mass is 10.2. The minimum absolute atomic E-state index is 0.0526. The molecule has 2 atom stereocenters. The first-order valence-electron chi connectivity index (χ1n) is 6.47. The molecule has 0 aromatic carbocycles. The topological polar surface area (TPSA) is 105 Å². The predicted octanol–water partition coefficient (Wildman–Crippen LogP) is -0.177. The van der Waals surface area contributed by atoms with Gasteiger partial charge in [0.1, 0.15) is 6.04 Å². The molecule has 1 fully saturated rings. The number of carboxylic acid groups (broad SMARTS) is 1. The van der Waals surface area contributed by atoms with Crippen LogP contribution in [-0.2, 0) is 19.1 Å². The van der Waals surface area contributed by atoms with Gasteiger partial charge in [-0.15, -0.1) is 0 Å². The number of amides is 2. The summed E-state index contributed by atoms with van der Waals surface area (Å²) in [5.41, 5.74) is 0. The van der Waals surface area contributed by atoms with E-state index < -0.39 is 30.1 Å². The number of urea groups is 1. The van der Waals surface area contributed by atoms with Crippen LogP contribution in [0.25, 0.3) is 0 Å². The van der Waals surface area contributed by atoms with Crippen LogP contribution < -0.4 is 5.32 Å². The van der Waals surface area contributed by atoms with Crippen molar-refractivity contribution in [2.75, 3.05) is 26.8 Å². The average molecular weight is 288 g/mol. The van der Waals surface area contributed by atoms with Gasteiger partial charge in [0.2, 0.25) is 0 Å². The minimum atomic E-state index is -1.07. The van der Waals surface area contributed by atoms with E-state index in [1.54, 1.807) is 0 Å². The number of morpholine rings is 1. The quantitative estimate of drug-likeness (QED) is 0.680. The molecule has 1 aliphatic rings. The zero-order chi connectivity index (χ0) is 15.1. The second-order valence-corrected chi connectivity index (χ2v) is 4.46. The fourth-order valence-corrected chi connectivity index (χ4v) is 1.89. The number of rotatable bonds is 5. The third kappa shape index (κ3) is 4.37. The van der Waals surface area contributed by atoms with Crippen LogP contribution >= 0.6 is 0 Å². The molecule has 0 saturated carbocycles. The van der Waals surface area contributed by atoms with Crippen LogP contribution in [0.3, 0.4) is 0 Å². The van der Waals surface area contributed by atoms with E-state index in [1.807, 2.05) is 6.92 Å². The van der Waals surface area contributed by atoms with Crippen molar-refractivity contribution in [1.82, 2.24) is 10.2 Å². The summed E-state index contributed by atoms with van der Waals surface area (Å²) >= 11 is 0. The SMILES string of the molecule is CCC[C@@H](NC(=O)N1CCOC(C(=O)OC)C1)C(=O)O. The molecule has 20 heavy (non-hydrogen) atoms. The van der Waals surface area contributed by atoms with Gasteiger partial charge in [0.15, 0.2) is 6.10 Å². The fourth-order valence-electron chi connectivity index (χ4n) is 1.89. The molecule has 0 aromatic rings. The normalized spacial score (nSPS) is 20.1. The summed E-state index contributed by atoms with van der Waals surface area (Å²) in [7, 11) is 1.24. The van der Waals surface area contributed by atoms with E-state index in [0.717, 1.165) is 0 Å². The smallest absolute Gasteiger partial charge is 0.336 e. The van der Waals surface area contributed by atoms with Crippen molar-refractivity contribution in [2.24, 2.45) is 0 Å². The Bertz CT molecular complexity index is 373. The van der Waals surface area contributed by atoms with Gasteiger partial charge < -0.3 is 24.8 Å². The van der Waals surface area contributed by atoms with Crippen LogP contribution in [0.5, 0.6) is 0 Å². The molecule has 1 aliphatic heterocycles. The van der Waals surface area contributed by atoms with Crippen molar-refractivity contribution in [3.8, 4) is 0 Å². The fraction of sp³-hybridized carbons (Fsp3) is 0.750. The van der Waals surface area contributed by atoms with Crippen LogP contribution in [0.1, 0.15) is 19.8 Å². The van der Waals surface area contributed by atoms with Crippen molar-refractivity contribution in [3.63, 3.8) is 0 Å². The molecular weight excluding hydrogens is 268 g/mol. The molecule has 2 amide bonds. The number of esters is 1. The highest BCUT2D eigenvalue weighted by Gasteiger charge is 2.31. The maximum absolute atomic E-state index is 12.0. The van der Waals surface area contributed by atoms with Gasteiger partial charge in [0.25, 0.3) is 0 Å².